The Morgan fingerprint density at radius 1 is 1.25 bits per heavy atom. The first-order chi connectivity index (χ1) is 11.3. The van der Waals surface area contributed by atoms with Crippen molar-refractivity contribution in [3.8, 4) is 5.75 Å². The molecule has 24 heavy (non-hydrogen) atoms. The largest absolute Gasteiger partial charge is 0.507 e. The zero-order valence-electron chi connectivity index (χ0n) is 14.7. The van der Waals surface area contributed by atoms with Gasteiger partial charge >= 0.3 is 6.09 Å². The first-order valence-corrected chi connectivity index (χ1v) is 8.49. The third kappa shape index (κ3) is 3.48. The van der Waals surface area contributed by atoms with Crippen LogP contribution in [0.25, 0.3) is 10.8 Å². The van der Waals surface area contributed by atoms with Crippen molar-refractivity contribution < 1.29 is 14.6 Å². The lowest BCUT2D eigenvalue weighted by atomic mass is 10.0. The van der Waals surface area contributed by atoms with Crippen LogP contribution in [0, 0.1) is 0 Å². The van der Waals surface area contributed by atoms with E-state index in [1.807, 2.05) is 62.9 Å². The highest BCUT2D eigenvalue weighted by molar-refractivity contribution is 5.89. The SMILES string of the molecule is CC(c1cc(O)c2ccccc2c1)N(C(=O)OC(C)(C)C)C1CC1. The summed E-state index contributed by atoms with van der Waals surface area (Å²) in [6.45, 7) is 7.62. The molecule has 0 saturated heterocycles. The van der Waals surface area contributed by atoms with Gasteiger partial charge in [0.25, 0.3) is 0 Å². The number of hydrogen-bond donors (Lipinski definition) is 1. The second kappa shape index (κ2) is 6.00. The van der Waals surface area contributed by atoms with E-state index in [2.05, 4.69) is 0 Å². The van der Waals surface area contributed by atoms with Crippen LogP contribution in [0.5, 0.6) is 5.75 Å². The predicted molar refractivity (Wildman–Crippen MR) is 95.1 cm³/mol. The molecule has 2 aromatic carbocycles. The van der Waals surface area contributed by atoms with Gasteiger partial charge in [0, 0.05) is 11.4 Å². The summed E-state index contributed by atoms with van der Waals surface area (Å²) in [5.41, 5.74) is 0.402. The van der Waals surface area contributed by atoms with Gasteiger partial charge in [-0.05, 0) is 63.6 Å². The number of amides is 1. The number of ether oxygens (including phenoxy) is 1. The molecule has 0 heterocycles. The van der Waals surface area contributed by atoms with Crippen molar-refractivity contribution in [3.63, 3.8) is 0 Å². The van der Waals surface area contributed by atoms with Gasteiger partial charge in [0.2, 0.25) is 0 Å². The summed E-state index contributed by atoms with van der Waals surface area (Å²) < 4.78 is 5.59. The molecule has 1 saturated carbocycles. The summed E-state index contributed by atoms with van der Waals surface area (Å²) in [7, 11) is 0. The summed E-state index contributed by atoms with van der Waals surface area (Å²) in [4.78, 5) is 14.5. The lowest BCUT2D eigenvalue weighted by Crippen LogP contribution is -2.39. The molecule has 1 unspecified atom stereocenters. The minimum Gasteiger partial charge on any atom is -0.507 e. The number of benzene rings is 2. The molecule has 0 bridgehead atoms. The van der Waals surface area contributed by atoms with Crippen molar-refractivity contribution in [1.29, 1.82) is 0 Å². The first kappa shape index (κ1) is 16.6. The molecular formula is C20H25NO3. The number of phenols is 1. The number of phenolic OH excluding ortho intramolecular Hbond substituents is 1. The van der Waals surface area contributed by atoms with Crippen LogP contribution in [0.4, 0.5) is 4.79 Å². The van der Waals surface area contributed by atoms with Gasteiger partial charge < -0.3 is 9.84 Å². The minimum atomic E-state index is -0.518. The number of aromatic hydroxyl groups is 1. The Kier molecular flexibility index (Phi) is 4.16. The average molecular weight is 327 g/mol. The van der Waals surface area contributed by atoms with Crippen LogP contribution in [0.3, 0.4) is 0 Å². The van der Waals surface area contributed by atoms with E-state index in [0.717, 1.165) is 29.2 Å². The lowest BCUT2D eigenvalue weighted by Gasteiger charge is -2.32. The summed E-state index contributed by atoms with van der Waals surface area (Å²) in [6.07, 6.45) is 1.72. The molecule has 128 valence electrons. The lowest BCUT2D eigenvalue weighted by molar-refractivity contribution is 0.0153. The van der Waals surface area contributed by atoms with Gasteiger partial charge in [-0.15, -0.1) is 0 Å². The molecule has 1 fully saturated rings. The molecule has 1 aliphatic rings. The van der Waals surface area contributed by atoms with E-state index in [9.17, 15) is 9.90 Å². The van der Waals surface area contributed by atoms with Gasteiger partial charge in [-0.25, -0.2) is 4.79 Å². The van der Waals surface area contributed by atoms with Gasteiger partial charge in [-0.1, -0.05) is 24.3 Å². The number of nitrogens with zero attached hydrogens (tertiary/aromatic N) is 1. The van der Waals surface area contributed by atoms with Crippen LogP contribution < -0.4 is 0 Å². The van der Waals surface area contributed by atoms with Crippen molar-refractivity contribution in [2.24, 2.45) is 0 Å². The molecule has 1 aliphatic carbocycles. The van der Waals surface area contributed by atoms with Crippen molar-refractivity contribution in [3.05, 3.63) is 42.0 Å². The van der Waals surface area contributed by atoms with E-state index in [1.165, 1.54) is 0 Å². The third-order valence-corrected chi connectivity index (χ3v) is 4.31. The van der Waals surface area contributed by atoms with E-state index in [1.54, 1.807) is 6.07 Å². The summed E-state index contributed by atoms with van der Waals surface area (Å²) in [5.74, 6) is 0.245. The summed E-state index contributed by atoms with van der Waals surface area (Å²) >= 11 is 0. The molecule has 3 rings (SSSR count). The Morgan fingerprint density at radius 2 is 1.92 bits per heavy atom. The quantitative estimate of drug-likeness (QED) is 0.862. The summed E-state index contributed by atoms with van der Waals surface area (Å²) in [5, 5.41) is 12.1. The zero-order chi connectivity index (χ0) is 17.5. The fourth-order valence-corrected chi connectivity index (χ4v) is 3.01. The van der Waals surface area contributed by atoms with E-state index < -0.39 is 5.60 Å². The second-order valence-electron chi connectivity index (χ2n) is 7.56. The number of carbonyl (C=O) groups excluding carboxylic acids is 1. The van der Waals surface area contributed by atoms with Crippen molar-refractivity contribution in [2.75, 3.05) is 0 Å². The molecule has 2 aromatic rings. The molecular weight excluding hydrogens is 302 g/mol. The smallest absolute Gasteiger partial charge is 0.411 e. The van der Waals surface area contributed by atoms with Crippen LogP contribution in [0.1, 0.15) is 52.1 Å². The maximum atomic E-state index is 12.6. The molecule has 4 heteroatoms. The molecule has 1 amide bonds. The van der Waals surface area contributed by atoms with Crippen LogP contribution in [-0.2, 0) is 4.74 Å². The topological polar surface area (TPSA) is 49.8 Å². The molecule has 0 spiro atoms. The normalized spacial score (nSPS) is 16.0. The highest BCUT2D eigenvalue weighted by Crippen LogP contribution is 2.38. The van der Waals surface area contributed by atoms with Gasteiger partial charge in [0.15, 0.2) is 0 Å². The number of rotatable bonds is 3. The van der Waals surface area contributed by atoms with E-state index in [0.29, 0.717) is 0 Å². The Hall–Kier alpha value is -2.23. The fourth-order valence-electron chi connectivity index (χ4n) is 3.01. The molecule has 0 radical (unpaired) electrons. The summed E-state index contributed by atoms with van der Waals surface area (Å²) in [6, 6.07) is 11.6. The Labute approximate surface area is 143 Å². The molecule has 4 nitrogen and oxygen atoms in total. The van der Waals surface area contributed by atoms with Crippen molar-refractivity contribution in [1.82, 2.24) is 4.90 Å². The van der Waals surface area contributed by atoms with Gasteiger partial charge in [0.05, 0.1) is 6.04 Å². The van der Waals surface area contributed by atoms with Crippen LogP contribution in [0.2, 0.25) is 0 Å². The average Bonchev–Trinajstić information content (AvgIpc) is 3.30. The van der Waals surface area contributed by atoms with Crippen molar-refractivity contribution in [2.45, 2.75) is 58.2 Å². The third-order valence-electron chi connectivity index (χ3n) is 4.31. The van der Waals surface area contributed by atoms with Crippen molar-refractivity contribution >= 4 is 16.9 Å². The maximum Gasteiger partial charge on any atom is 0.411 e. The Bertz CT molecular complexity index is 759. The van der Waals surface area contributed by atoms with E-state index in [-0.39, 0.29) is 23.9 Å². The number of hydrogen-bond acceptors (Lipinski definition) is 3. The Balaban J connectivity index is 1.93. The fraction of sp³-hybridized carbons (Fsp3) is 0.450. The maximum absolute atomic E-state index is 12.6. The highest BCUT2D eigenvalue weighted by atomic mass is 16.6. The van der Waals surface area contributed by atoms with E-state index in [4.69, 9.17) is 4.74 Å². The standard InChI is InChI=1S/C20H25NO3/c1-13(21(16-9-10-16)19(23)24-20(2,3)4)15-11-14-7-5-6-8-17(14)18(22)12-15/h5-8,11-13,16,22H,9-10H2,1-4H3. The molecule has 0 aromatic heterocycles. The minimum absolute atomic E-state index is 0.150. The molecule has 0 aliphatic heterocycles. The molecule has 1 atom stereocenters. The second-order valence-corrected chi connectivity index (χ2v) is 7.56. The highest BCUT2D eigenvalue weighted by Gasteiger charge is 2.38. The molecule has 1 N–H and O–H groups in total. The number of carbonyl (C=O) groups is 1. The van der Waals surface area contributed by atoms with Crippen LogP contribution in [-0.4, -0.2) is 27.7 Å². The van der Waals surface area contributed by atoms with E-state index >= 15 is 0 Å². The van der Waals surface area contributed by atoms with Crippen LogP contribution in [0.15, 0.2) is 36.4 Å². The monoisotopic (exact) mass is 327 g/mol. The van der Waals surface area contributed by atoms with Gasteiger partial charge in [-0.2, -0.15) is 0 Å². The predicted octanol–water partition coefficient (Wildman–Crippen LogP) is 5.01. The Morgan fingerprint density at radius 3 is 2.54 bits per heavy atom. The zero-order valence-corrected chi connectivity index (χ0v) is 14.7. The first-order valence-electron chi connectivity index (χ1n) is 8.49. The van der Waals surface area contributed by atoms with Crippen LogP contribution >= 0.6 is 0 Å². The van der Waals surface area contributed by atoms with Gasteiger partial charge in [0.1, 0.15) is 11.4 Å². The number of fused-ring (bicyclic) bond motifs is 1. The van der Waals surface area contributed by atoms with Gasteiger partial charge in [-0.3, -0.25) is 4.90 Å².